The molecule has 90 valence electrons. The van der Waals surface area contributed by atoms with Crippen molar-refractivity contribution in [3.8, 4) is 0 Å². The maximum atomic E-state index is 10.3. The van der Waals surface area contributed by atoms with Crippen LogP contribution in [-0.2, 0) is 11.4 Å². The first-order valence-corrected chi connectivity index (χ1v) is 5.22. The van der Waals surface area contributed by atoms with Crippen LogP contribution in [0.3, 0.4) is 0 Å². The monoisotopic (exact) mass is 227 g/mol. The van der Waals surface area contributed by atoms with Crippen LogP contribution in [0.5, 0.6) is 0 Å². The third-order valence-corrected chi connectivity index (χ3v) is 1.70. The Morgan fingerprint density at radius 2 is 1.81 bits per heavy atom. The Hall–Kier alpha value is -1.42. The van der Waals surface area contributed by atoms with Gasteiger partial charge in [0, 0.05) is 13.0 Å². The predicted octanol–water partition coefficient (Wildman–Crippen LogP) is 1.66. The number of carbonyl (C=O) groups excluding carboxylic acids is 1. The second-order valence-corrected chi connectivity index (χ2v) is 3.01. The van der Waals surface area contributed by atoms with Crippen molar-refractivity contribution < 1.29 is 14.3 Å². The normalized spacial score (nSPS) is 12.1. The summed E-state index contributed by atoms with van der Waals surface area (Å²) < 4.78 is 10.3. The predicted molar refractivity (Wildman–Crippen MR) is 61.6 cm³/mol. The van der Waals surface area contributed by atoms with E-state index in [0.717, 1.165) is 18.5 Å². The fourth-order valence-electron chi connectivity index (χ4n) is 0.810. The van der Waals surface area contributed by atoms with Gasteiger partial charge in [0.1, 0.15) is 0 Å². The highest BCUT2D eigenvalue weighted by Gasteiger charge is 2.07. The summed E-state index contributed by atoms with van der Waals surface area (Å²) >= 11 is 0. The summed E-state index contributed by atoms with van der Waals surface area (Å²) in [6, 6.07) is 9.52. The number of rotatable bonds is 1. The molecule has 1 fully saturated rings. The molecule has 0 atom stereocenters. The molecule has 0 unspecified atom stereocenters. The molecule has 1 heterocycles. The lowest BCUT2D eigenvalue weighted by atomic mass is 10.2. The van der Waals surface area contributed by atoms with Crippen molar-refractivity contribution in [2.45, 2.75) is 20.0 Å². The number of aliphatic hydroxyl groups is 1. The van der Waals surface area contributed by atoms with Gasteiger partial charge in [0.2, 0.25) is 5.91 Å². The van der Waals surface area contributed by atoms with Gasteiger partial charge in [-0.25, -0.2) is 0 Å². The highest BCUT2D eigenvalue weighted by Crippen LogP contribution is 1.95. The molecule has 0 saturated carbocycles. The zero-order valence-corrected chi connectivity index (χ0v) is 9.45. The number of amides is 1. The van der Waals surface area contributed by atoms with Gasteiger partial charge in [-0.15, -0.1) is 0 Å². The minimum absolute atomic E-state index is 0.140. The number of aliphatic hydroxyl groups excluding tert-OH is 1. The van der Waals surface area contributed by atoms with Gasteiger partial charge in [0.25, 0.3) is 0 Å². The molecular weight excluding hydrogens is 209 g/mol. The zero-order chi connectivity index (χ0) is 12.2. The smallest absolute Gasteiger partial charge is 0.221 e. The van der Waals surface area contributed by atoms with E-state index < -0.39 is 0 Å². The fourth-order valence-corrected chi connectivity index (χ4v) is 0.810. The van der Waals surface area contributed by atoms with Crippen LogP contribution in [0, 0.1) is 0 Å². The second-order valence-electron chi connectivity index (χ2n) is 3.01. The minimum atomic E-state index is -0.250. The summed E-state index contributed by atoms with van der Waals surface area (Å²) in [5, 5.41) is 11.1. The molecule has 16 heavy (non-hydrogen) atoms. The van der Waals surface area contributed by atoms with Gasteiger partial charge >= 0.3 is 0 Å². The van der Waals surface area contributed by atoms with E-state index in [1.165, 1.54) is 6.92 Å². The van der Waals surface area contributed by atoms with E-state index in [0.29, 0.717) is 0 Å². The molecule has 4 heteroatoms. The topological polar surface area (TPSA) is 49.3 Å². The van der Waals surface area contributed by atoms with Crippen molar-refractivity contribution in [1.82, 2.24) is 5.32 Å². The van der Waals surface area contributed by atoms with Gasteiger partial charge in [0.05, 0.1) is 13.3 Å². The number of nitrogens with one attached hydrogen (secondary N) is 1. The largest absolute Gasteiger partial charge is 0.392 e. The molecule has 1 aromatic rings. The molecule has 0 radical (unpaired) electrons. The first kappa shape index (κ1) is 14.6. The lowest BCUT2D eigenvalue weighted by Crippen LogP contribution is -2.37. The molecular formula is C12H18FNO2. The second kappa shape index (κ2) is 10.1. The lowest BCUT2D eigenvalue weighted by Gasteiger charge is -2.10. The van der Waals surface area contributed by atoms with Crippen molar-refractivity contribution in [3.05, 3.63) is 35.9 Å². The molecule has 2 rings (SSSR count). The van der Waals surface area contributed by atoms with E-state index in [1.54, 1.807) is 0 Å². The Bertz CT molecular complexity index is 272. The highest BCUT2D eigenvalue weighted by molar-refractivity contribution is 5.81. The summed E-state index contributed by atoms with van der Waals surface area (Å²) in [5.74, 6) is 0.185. The van der Waals surface area contributed by atoms with Crippen molar-refractivity contribution in [2.75, 3.05) is 13.2 Å². The Morgan fingerprint density at radius 3 is 2.00 bits per heavy atom. The SMILES string of the molecule is CCF.O=C1CCN1.OCc1ccccc1. The number of hydrogen-bond acceptors (Lipinski definition) is 2. The fraction of sp³-hybridized carbons (Fsp3) is 0.417. The van der Waals surface area contributed by atoms with Crippen LogP contribution in [0.1, 0.15) is 18.9 Å². The number of halogens is 1. The van der Waals surface area contributed by atoms with Crippen LogP contribution in [0.15, 0.2) is 30.3 Å². The van der Waals surface area contributed by atoms with E-state index >= 15 is 0 Å². The van der Waals surface area contributed by atoms with Crippen molar-refractivity contribution >= 4 is 5.91 Å². The molecule has 0 bridgehead atoms. The van der Waals surface area contributed by atoms with Crippen LogP contribution in [-0.4, -0.2) is 24.2 Å². The number of benzene rings is 1. The van der Waals surface area contributed by atoms with E-state index in [2.05, 4.69) is 5.32 Å². The molecule has 0 aromatic heterocycles. The highest BCUT2D eigenvalue weighted by atomic mass is 19.1. The Morgan fingerprint density at radius 1 is 1.38 bits per heavy atom. The summed E-state index contributed by atoms with van der Waals surface area (Å²) in [7, 11) is 0. The third kappa shape index (κ3) is 7.94. The van der Waals surface area contributed by atoms with Gasteiger partial charge in [-0.1, -0.05) is 30.3 Å². The van der Waals surface area contributed by atoms with Gasteiger partial charge in [-0.3, -0.25) is 9.18 Å². The molecule has 1 saturated heterocycles. The lowest BCUT2D eigenvalue weighted by molar-refractivity contribution is -0.125. The van der Waals surface area contributed by atoms with Gasteiger partial charge in [0.15, 0.2) is 0 Å². The molecule has 1 amide bonds. The Balaban J connectivity index is 0.000000241. The van der Waals surface area contributed by atoms with Crippen LogP contribution < -0.4 is 5.32 Å². The summed E-state index contributed by atoms with van der Waals surface area (Å²) in [5.41, 5.74) is 0.965. The summed E-state index contributed by atoms with van der Waals surface area (Å²) in [6.07, 6.45) is 0.736. The molecule has 1 aliphatic heterocycles. The van der Waals surface area contributed by atoms with Crippen LogP contribution in [0.2, 0.25) is 0 Å². The van der Waals surface area contributed by atoms with Gasteiger partial charge < -0.3 is 10.4 Å². The van der Waals surface area contributed by atoms with Gasteiger partial charge in [-0.05, 0) is 12.5 Å². The third-order valence-electron chi connectivity index (χ3n) is 1.70. The molecule has 0 aliphatic carbocycles. The van der Waals surface area contributed by atoms with E-state index in [9.17, 15) is 9.18 Å². The first-order chi connectivity index (χ1) is 7.74. The Labute approximate surface area is 95.3 Å². The molecule has 0 spiro atoms. The maximum Gasteiger partial charge on any atom is 0.221 e. The maximum absolute atomic E-state index is 10.3. The molecule has 2 N–H and O–H groups in total. The zero-order valence-electron chi connectivity index (χ0n) is 9.45. The average molecular weight is 227 g/mol. The quantitative estimate of drug-likeness (QED) is 0.717. The number of β-lactam (4-membered cyclic amide) rings is 1. The van der Waals surface area contributed by atoms with Crippen LogP contribution in [0.4, 0.5) is 4.39 Å². The number of carbonyl (C=O) groups is 1. The van der Waals surface area contributed by atoms with Crippen molar-refractivity contribution in [3.63, 3.8) is 0 Å². The first-order valence-electron chi connectivity index (χ1n) is 5.22. The Kier molecular flexibility index (Phi) is 9.21. The van der Waals surface area contributed by atoms with E-state index in [1.807, 2.05) is 30.3 Å². The minimum Gasteiger partial charge on any atom is -0.392 e. The van der Waals surface area contributed by atoms with E-state index in [-0.39, 0.29) is 19.2 Å². The average Bonchev–Trinajstić information content (AvgIpc) is 2.29. The molecule has 1 aromatic carbocycles. The van der Waals surface area contributed by atoms with Crippen LogP contribution >= 0.6 is 0 Å². The summed E-state index contributed by atoms with van der Waals surface area (Å²) in [6.45, 7) is 2.24. The van der Waals surface area contributed by atoms with E-state index in [4.69, 9.17) is 5.11 Å². The number of hydrogen-bond donors (Lipinski definition) is 2. The summed E-state index contributed by atoms with van der Waals surface area (Å²) in [4.78, 5) is 9.79. The van der Waals surface area contributed by atoms with Crippen LogP contribution in [0.25, 0.3) is 0 Å². The van der Waals surface area contributed by atoms with Crippen molar-refractivity contribution in [2.24, 2.45) is 0 Å². The van der Waals surface area contributed by atoms with Gasteiger partial charge in [-0.2, -0.15) is 0 Å². The molecule has 3 nitrogen and oxygen atoms in total. The molecule has 1 aliphatic rings. The number of alkyl halides is 1. The van der Waals surface area contributed by atoms with Crippen molar-refractivity contribution in [1.29, 1.82) is 0 Å². The standard InChI is InChI=1S/C7H8O.C3H5NO.C2H5F/c8-6-7-4-2-1-3-5-7;5-3-1-2-4-3;1-2-3/h1-5,8H,6H2;1-2H2,(H,4,5);2H2,1H3.